The first-order valence-corrected chi connectivity index (χ1v) is 7.73. The second kappa shape index (κ2) is 7.57. The van der Waals surface area contributed by atoms with Crippen molar-refractivity contribution in [3.05, 3.63) is 39.3 Å². The van der Waals surface area contributed by atoms with Crippen LogP contribution in [-0.4, -0.2) is 16.7 Å². The summed E-state index contributed by atoms with van der Waals surface area (Å²) in [6.45, 7) is 6.51. The Bertz CT molecular complexity index is 545. The van der Waals surface area contributed by atoms with E-state index in [2.05, 4.69) is 29.4 Å². The van der Waals surface area contributed by atoms with Crippen molar-refractivity contribution in [2.75, 3.05) is 6.54 Å². The molecule has 0 spiro atoms. The van der Waals surface area contributed by atoms with Crippen LogP contribution in [0.2, 0.25) is 5.02 Å². The molecule has 2 rings (SSSR count). The third kappa shape index (κ3) is 5.07. The number of ether oxygens (including phenoxy) is 1. The van der Waals surface area contributed by atoms with Gasteiger partial charge in [0.15, 0.2) is 5.01 Å². The van der Waals surface area contributed by atoms with E-state index in [4.69, 9.17) is 16.3 Å². The van der Waals surface area contributed by atoms with E-state index in [-0.39, 0.29) is 0 Å². The van der Waals surface area contributed by atoms with Crippen LogP contribution in [-0.2, 0) is 13.2 Å². The van der Waals surface area contributed by atoms with Gasteiger partial charge in [0.1, 0.15) is 17.4 Å². The molecule has 1 aromatic carbocycles. The van der Waals surface area contributed by atoms with Gasteiger partial charge >= 0.3 is 0 Å². The monoisotopic (exact) mass is 311 g/mol. The van der Waals surface area contributed by atoms with E-state index in [1.807, 2.05) is 18.2 Å². The number of hydrogen-bond acceptors (Lipinski definition) is 5. The van der Waals surface area contributed by atoms with Crippen LogP contribution in [0.15, 0.2) is 24.3 Å². The van der Waals surface area contributed by atoms with Crippen molar-refractivity contribution >= 4 is 22.9 Å². The van der Waals surface area contributed by atoms with Crippen molar-refractivity contribution in [2.24, 2.45) is 5.92 Å². The maximum absolute atomic E-state index is 5.90. The predicted molar refractivity (Wildman–Crippen MR) is 82.2 cm³/mol. The number of benzene rings is 1. The number of nitrogens with one attached hydrogen (secondary N) is 1. The molecule has 0 fully saturated rings. The van der Waals surface area contributed by atoms with E-state index >= 15 is 0 Å². The van der Waals surface area contributed by atoms with Crippen LogP contribution >= 0.6 is 22.9 Å². The Hall–Kier alpha value is -1.17. The predicted octanol–water partition coefficient (Wildman–Crippen LogP) is 3.52. The molecule has 0 radical (unpaired) electrons. The van der Waals surface area contributed by atoms with Gasteiger partial charge in [-0.05, 0) is 30.7 Å². The number of hydrogen-bond donors (Lipinski definition) is 1. The summed E-state index contributed by atoms with van der Waals surface area (Å²) in [5.74, 6) is 1.38. The van der Waals surface area contributed by atoms with Crippen LogP contribution in [0.5, 0.6) is 5.75 Å². The van der Waals surface area contributed by atoms with Crippen molar-refractivity contribution in [3.63, 3.8) is 0 Å². The van der Waals surface area contributed by atoms with Crippen molar-refractivity contribution in [2.45, 2.75) is 27.0 Å². The molecular weight excluding hydrogens is 294 g/mol. The van der Waals surface area contributed by atoms with Gasteiger partial charge in [-0.1, -0.05) is 42.9 Å². The summed E-state index contributed by atoms with van der Waals surface area (Å²) in [5, 5.41) is 14.1. The molecule has 4 nitrogen and oxygen atoms in total. The average molecular weight is 312 g/mol. The Labute approximate surface area is 128 Å². The molecule has 0 saturated carbocycles. The van der Waals surface area contributed by atoms with Crippen LogP contribution in [0, 0.1) is 5.92 Å². The number of halogens is 1. The number of rotatable bonds is 7. The fourth-order valence-corrected chi connectivity index (χ4v) is 2.50. The molecule has 1 aromatic heterocycles. The summed E-state index contributed by atoms with van der Waals surface area (Å²) in [4.78, 5) is 0. The van der Waals surface area contributed by atoms with E-state index in [1.165, 1.54) is 0 Å². The molecule has 108 valence electrons. The highest BCUT2D eigenvalue weighted by Gasteiger charge is 2.05. The lowest BCUT2D eigenvalue weighted by molar-refractivity contribution is 0.304. The van der Waals surface area contributed by atoms with Gasteiger partial charge < -0.3 is 10.1 Å². The second-order valence-corrected chi connectivity index (χ2v) is 6.44. The first-order valence-electron chi connectivity index (χ1n) is 6.54. The molecule has 1 N–H and O–H groups in total. The van der Waals surface area contributed by atoms with E-state index in [0.717, 1.165) is 28.9 Å². The topological polar surface area (TPSA) is 47.0 Å². The molecule has 0 atom stereocenters. The molecule has 0 aliphatic carbocycles. The lowest BCUT2D eigenvalue weighted by atomic mass is 10.2. The maximum Gasteiger partial charge on any atom is 0.155 e. The van der Waals surface area contributed by atoms with Crippen molar-refractivity contribution in [1.82, 2.24) is 15.5 Å². The quantitative estimate of drug-likeness (QED) is 0.850. The highest BCUT2D eigenvalue weighted by atomic mass is 35.5. The zero-order valence-corrected chi connectivity index (χ0v) is 13.2. The van der Waals surface area contributed by atoms with E-state index < -0.39 is 0 Å². The minimum absolute atomic E-state index is 0.419. The van der Waals surface area contributed by atoms with E-state index in [1.54, 1.807) is 17.4 Å². The van der Waals surface area contributed by atoms with E-state index in [9.17, 15) is 0 Å². The zero-order valence-electron chi connectivity index (χ0n) is 11.6. The molecule has 0 aliphatic heterocycles. The summed E-state index contributed by atoms with van der Waals surface area (Å²) in [6, 6.07) is 7.34. The normalized spacial score (nSPS) is 11.0. The molecular formula is C14H18ClN3OS. The molecule has 1 heterocycles. The SMILES string of the molecule is CC(C)CNCc1nnc(COc2cccc(Cl)c2)s1. The van der Waals surface area contributed by atoms with Crippen LogP contribution in [0.4, 0.5) is 0 Å². The van der Waals surface area contributed by atoms with Crippen LogP contribution in [0.1, 0.15) is 23.9 Å². The van der Waals surface area contributed by atoms with E-state index in [0.29, 0.717) is 17.5 Å². The summed E-state index contributed by atoms with van der Waals surface area (Å²) in [6.07, 6.45) is 0. The first-order chi connectivity index (χ1) is 9.63. The largest absolute Gasteiger partial charge is 0.486 e. The highest BCUT2D eigenvalue weighted by Crippen LogP contribution is 2.19. The second-order valence-electron chi connectivity index (χ2n) is 4.86. The Morgan fingerprint density at radius 3 is 2.85 bits per heavy atom. The molecule has 0 unspecified atom stereocenters. The minimum atomic E-state index is 0.419. The molecule has 6 heteroatoms. The first kappa shape index (κ1) is 15.2. The van der Waals surface area contributed by atoms with Gasteiger partial charge in [-0.15, -0.1) is 10.2 Å². The van der Waals surface area contributed by atoms with Crippen molar-refractivity contribution in [1.29, 1.82) is 0 Å². The van der Waals surface area contributed by atoms with Gasteiger partial charge in [0, 0.05) is 11.6 Å². The molecule has 0 amide bonds. The Kier molecular flexibility index (Phi) is 5.76. The van der Waals surface area contributed by atoms with Gasteiger partial charge in [-0.2, -0.15) is 0 Å². The van der Waals surface area contributed by atoms with Gasteiger partial charge in [0.2, 0.25) is 0 Å². The van der Waals surface area contributed by atoms with Gasteiger partial charge in [-0.3, -0.25) is 0 Å². The third-order valence-electron chi connectivity index (χ3n) is 2.50. The van der Waals surface area contributed by atoms with Crippen LogP contribution in [0.25, 0.3) is 0 Å². The smallest absolute Gasteiger partial charge is 0.155 e. The summed E-state index contributed by atoms with van der Waals surface area (Å²) in [7, 11) is 0. The summed E-state index contributed by atoms with van der Waals surface area (Å²) in [5.41, 5.74) is 0. The zero-order chi connectivity index (χ0) is 14.4. The van der Waals surface area contributed by atoms with Gasteiger partial charge in [0.05, 0.1) is 0 Å². The number of aromatic nitrogens is 2. The maximum atomic E-state index is 5.90. The lowest BCUT2D eigenvalue weighted by Gasteiger charge is -2.04. The van der Waals surface area contributed by atoms with Crippen LogP contribution in [0.3, 0.4) is 0 Å². The minimum Gasteiger partial charge on any atom is -0.486 e. The fourth-order valence-electron chi connectivity index (χ4n) is 1.59. The standard InChI is InChI=1S/C14H18ClN3OS/c1-10(2)7-16-8-13-17-18-14(20-13)9-19-12-5-3-4-11(15)6-12/h3-6,10,16H,7-9H2,1-2H3. The highest BCUT2D eigenvalue weighted by molar-refractivity contribution is 7.11. The van der Waals surface area contributed by atoms with Crippen molar-refractivity contribution in [3.8, 4) is 5.75 Å². The van der Waals surface area contributed by atoms with Crippen LogP contribution < -0.4 is 10.1 Å². The van der Waals surface area contributed by atoms with Gasteiger partial charge in [-0.25, -0.2) is 0 Å². The number of nitrogens with zero attached hydrogens (tertiary/aromatic N) is 2. The Morgan fingerprint density at radius 1 is 1.30 bits per heavy atom. The molecule has 0 aliphatic rings. The third-order valence-corrected chi connectivity index (χ3v) is 3.63. The molecule has 0 saturated heterocycles. The molecule has 20 heavy (non-hydrogen) atoms. The lowest BCUT2D eigenvalue weighted by Crippen LogP contribution is -2.18. The Balaban J connectivity index is 1.80. The molecule has 2 aromatic rings. The molecule has 0 bridgehead atoms. The van der Waals surface area contributed by atoms with Gasteiger partial charge in [0.25, 0.3) is 0 Å². The summed E-state index contributed by atoms with van der Waals surface area (Å²) >= 11 is 7.47. The van der Waals surface area contributed by atoms with Crippen molar-refractivity contribution < 1.29 is 4.74 Å². The summed E-state index contributed by atoms with van der Waals surface area (Å²) < 4.78 is 5.63. The Morgan fingerprint density at radius 2 is 2.10 bits per heavy atom. The fraction of sp³-hybridized carbons (Fsp3) is 0.429. The average Bonchev–Trinajstić information content (AvgIpc) is 2.84.